The van der Waals surface area contributed by atoms with Crippen LogP contribution in [0.2, 0.25) is 0 Å². The normalized spacial score (nSPS) is 24.2. The van der Waals surface area contributed by atoms with Crippen LogP contribution in [0.3, 0.4) is 0 Å². The third-order valence-corrected chi connectivity index (χ3v) is 5.85. The van der Waals surface area contributed by atoms with Crippen LogP contribution in [0.15, 0.2) is 65.9 Å². The second-order valence-electron chi connectivity index (χ2n) is 7.62. The number of ether oxygens (including phenoxy) is 1. The second kappa shape index (κ2) is 7.37. The molecule has 0 spiro atoms. The minimum Gasteiger partial charge on any atom is -0.489 e. The Kier molecular flexibility index (Phi) is 4.88. The van der Waals surface area contributed by atoms with E-state index in [0.29, 0.717) is 11.3 Å². The van der Waals surface area contributed by atoms with E-state index in [-0.39, 0.29) is 30.2 Å². The van der Waals surface area contributed by atoms with Gasteiger partial charge in [-0.15, -0.1) is 0 Å². The lowest BCUT2D eigenvalue weighted by Gasteiger charge is -2.46. The molecule has 4 atom stereocenters. The van der Waals surface area contributed by atoms with Gasteiger partial charge in [-0.3, -0.25) is 4.79 Å². The molecule has 29 heavy (non-hydrogen) atoms. The first-order chi connectivity index (χ1) is 13.9. The molecule has 3 unspecified atom stereocenters. The number of aliphatic hydroxyl groups excluding tert-OH is 1. The van der Waals surface area contributed by atoms with E-state index in [1.807, 2.05) is 61.5 Å². The maximum atomic E-state index is 12.4. The van der Waals surface area contributed by atoms with Crippen LogP contribution < -0.4 is 4.74 Å². The Hall–Kier alpha value is -3.12. The Morgan fingerprint density at radius 3 is 2.48 bits per heavy atom. The molecule has 6 nitrogen and oxygen atoms in total. The van der Waals surface area contributed by atoms with E-state index in [2.05, 4.69) is 0 Å². The molecule has 2 aromatic carbocycles. The van der Waals surface area contributed by atoms with Gasteiger partial charge in [0.2, 0.25) is 5.91 Å². The van der Waals surface area contributed by atoms with E-state index in [0.717, 1.165) is 11.1 Å². The molecule has 2 aliphatic rings. The summed E-state index contributed by atoms with van der Waals surface area (Å²) >= 11 is 0. The molecular weight excluding hydrogens is 370 g/mol. The Morgan fingerprint density at radius 2 is 1.83 bits per heavy atom. The summed E-state index contributed by atoms with van der Waals surface area (Å²) in [5.74, 6) is -1.62. The predicted molar refractivity (Wildman–Crippen MR) is 107 cm³/mol. The van der Waals surface area contributed by atoms with E-state index >= 15 is 0 Å². The van der Waals surface area contributed by atoms with Crippen molar-refractivity contribution < 1.29 is 24.5 Å². The lowest BCUT2D eigenvalue weighted by Crippen LogP contribution is -2.63. The molecule has 1 amide bonds. The number of carboxylic acid groups (broad SMARTS) is 1. The third-order valence-electron chi connectivity index (χ3n) is 5.85. The topological polar surface area (TPSA) is 87.1 Å². The largest absolute Gasteiger partial charge is 0.489 e. The fraction of sp³-hybridized carbons (Fsp3) is 0.304. The number of aliphatic hydroxyl groups is 1. The molecule has 6 heteroatoms. The zero-order valence-corrected chi connectivity index (χ0v) is 16.3. The van der Waals surface area contributed by atoms with Gasteiger partial charge < -0.3 is 19.8 Å². The number of carboxylic acids is 1. The zero-order chi connectivity index (χ0) is 20.7. The van der Waals surface area contributed by atoms with Gasteiger partial charge in [0.15, 0.2) is 0 Å². The van der Waals surface area contributed by atoms with Gasteiger partial charge in [-0.05, 0) is 30.2 Å². The smallest absolute Gasteiger partial charge is 0.352 e. The fourth-order valence-corrected chi connectivity index (χ4v) is 4.39. The number of hydrogen-bond donors (Lipinski definition) is 2. The number of β-lactam (4-membered cyclic amide) rings is 1. The molecule has 2 heterocycles. The monoisotopic (exact) mass is 393 g/mol. The first-order valence-electron chi connectivity index (χ1n) is 9.66. The van der Waals surface area contributed by atoms with Crippen LogP contribution in [0.1, 0.15) is 13.8 Å². The molecule has 0 aromatic heterocycles. The van der Waals surface area contributed by atoms with Gasteiger partial charge in [0.1, 0.15) is 18.1 Å². The SMILES string of the molecule is CC(O)C1C(=O)N2C(C(=O)O)=C(COc3cccc(-c4ccccc4)c3)[C@H](C)C12. The average molecular weight is 393 g/mol. The van der Waals surface area contributed by atoms with Crippen molar-refractivity contribution in [1.29, 1.82) is 0 Å². The number of amides is 1. The summed E-state index contributed by atoms with van der Waals surface area (Å²) in [4.78, 5) is 25.6. The van der Waals surface area contributed by atoms with Crippen molar-refractivity contribution in [2.45, 2.75) is 26.0 Å². The van der Waals surface area contributed by atoms with Crippen molar-refractivity contribution in [1.82, 2.24) is 4.90 Å². The van der Waals surface area contributed by atoms with Gasteiger partial charge >= 0.3 is 5.97 Å². The number of nitrogens with zero attached hydrogens (tertiary/aromatic N) is 1. The maximum absolute atomic E-state index is 12.4. The van der Waals surface area contributed by atoms with Gasteiger partial charge in [-0.2, -0.15) is 0 Å². The van der Waals surface area contributed by atoms with Crippen LogP contribution in [-0.2, 0) is 9.59 Å². The molecule has 2 aliphatic heterocycles. The molecule has 0 saturated carbocycles. The molecule has 0 aliphatic carbocycles. The molecule has 0 bridgehead atoms. The van der Waals surface area contributed by atoms with E-state index in [9.17, 15) is 19.8 Å². The first kappa shape index (κ1) is 19.2. The number of benzene rings is 2. The van der Waals surface area contributed by atoms with Crippen LogP contribution in [0.4, 0.5) is 0 Å². The number of rotatable bonds is 6. The highest BCUT2D eigenvalue weighted by atomic mass is 16.5. The molecule has 1 saturated heterocycles. The number of carbonyl (C=O) groups is 2. The van der Waals surface area contributed by atoms with Crippen LogP contribution in [0, 0.1) is 11.8 Å². The standard InChI is InChI=1S/C23H23NO5/c1-13-18(21(23(27)28)24-20(13)19(14(2)25)22(24)26)12-29-17-10-6-9-16(11-17)15-7-4-3-5-8-15/h3-11,13-14,19-20,25H,12H2,1-2H3,(H,27,28)/t13-,14?,19?,20?/m0/s1. The molecule has 2 N–H and O–H groups in total. The van der Waals surface area contributed by atoms with Gasteiger partial charge in [0.25, 0.3) is 0 Å². The summed E-state index contributed by atoms with van der Waals surface area (Å²) in [6.07, 6.45) is -0.816. The van der Waals surface area contributed by atoms with Gasteiger partial charge in [0, 0.05) is 11.5 Å². The zero-order valence-electron chi connectivity index (χ0n) is 16.3. The number of aliphatic carboxylic acids is 1. The van der Waals surface area contributed by atoms with Crippen molar-refractivity contribution in [3.8, 4) is 16.9 Å². The Balaban J connectivity index is 1.57. The summed E-state index contributed by atoms with van der Waals surface area (Å²) in [7, 11) is 0. The minimum absolute atomic E-state index is 0.0105. The van der Waals surface area contributed by atoms with Crippen molar-refractivity contribution in [2.75, 3.05) is 6.61 Å². The summed E-state index contributed by atoms with van der Waals surface area (Å²) in [5.41, 5.74) is 2.63. The van der Waals surface area contributed by atoms with Gasteiger partial charge in [0.05, 0.1) is 18.1 Å². The molecule has 1 fully saturated rings. The highest BCUT2D eigenvalue weighted by molar-refractivity contribution is 6.00. The number of hydrogen-bond acceptors (Lipinski definition) is 4. The minimum atomic E-state index is -1.15. The molecule has 0 radical (unpaired) electrons. The second-order valence-corrected chi connectivity index (χ2v) is 7.62. The molecule has 2 aromatic rings. The van der Waals surface area contributed by atoms with Crippen LogP contribution >= 0.6 is 0 Å². The molecule has 150 valence electrons. The average Bonchev–Trinajstić information content (AvgIpc) is 2.95. The predicted octanol–water partition coefficient (Wildman–Crippen LogP) is 2.93. The quantitative estimate of drug-likeness (QED) is 0.737. The lowest BCUT2D eigenvalue weighted by atomic mass is 9.78. The summed E-state index contributed by atoms with van der Waals surface area (Å²) in [6, 6.07) is 17.2. The van der Waals surface area contributed by atoms with Crippen molar-refractivity contribution in [3.63, 3.8) is 0 Å². The van der Waals surface area contributed by atoms with Gasteiger partial charge in [-0.25, -0.2) is 4.79 Å². The summed E-state index contributed by atoms with van der Waals surface area (Å²) in [5, 5.41) is 19.6. The van der Waals surface area contributed by atoms with Crippen molar-refractivity contribution >= 4 is 11.9 Å². The maximum Gasteiger partial charge on any atom is 0.352 e. The Bertz CT molecular complexity index is 982. The van der Waals surface area contributed by atoms with E-state index in [1.165, 1.54) is 4.90 Å². The van der Waals surface area contributed by atoms with E-state index < -0.39 is 18.0 Å². The first-order valence-corrected chi connectivity index (χ1v) is 9.66. The van der Waals surface area contributed by atoms with E-state index in [1.54, 1.807) is 6.92 Å². The number of fused-ring (bicyclic) bond motifs is 1. The lowest BCUT2D eigenvalue weighted by molar-refractivity contribution is -0.163. The molecule has 4 rings (SSSR count). The highest BCUT2D eigenvalue weighted by Crippen LogP contribution is 2.47. The number of carbonyl (C=O) groups excluding carboxylic acids is 1. The van der Waals surface area contributed by atoms with Crippen molar-refractivity contribution in [2.24, 2.45) is 11.8 Å². The third kappa shape index (κ3) is 3.19. The van der Waals surface area contributed by atoms with Crippen LogP contribution in [0.5, 0.6) is 5.75 Å². The Labute approximate surface area is 169 Å². The van der Waals surface area contributed by atoms with E-state index in [4.69, 9.17) is 4.74 Å². The van der Waals surface area contributed by atoms with Crippen molar-refractivity contribution in [3.05, 3.63) is 65.9 Å². The summed E-state index contributed by atoms with van der Waals surface area (Å²) in [6.45, 7) is 3.53. The highest BCUT2D eigenvalue weighted by Gasteiger charge is 2.59. The van der Waals surface area contributed by atoms with Crippen LogP contribution in [-0.4, -0.2) is 45.7 Å². The summed E-state index contributed by atoms with van der Waals surface area (Å²) < 4.78 is 5.94. The van der Waals surface area contributed by atoms with Gasteiger partial charge in [-0.1, -0.05) is 49.4 Å². The van der Waals surface area contributed by atoms with Crippen LogP contribution in [0.25, 0.3) is 11.1 Å². The fourth-order valence-electron chi connectivity index (χ4n) is 4.39. The Morgan fingerprint density at radius 1 is 1.14 bits per heavy atom. The molecular formula is C23H23NO5.